The number of amides is 2. The highest BCUT2D eigenvalue weighted by Crippen LogP contribution is 2.20. The number of anilines is 1. The predicted molar refractivity (Wildman–Crippen MR) is 99.4 cm³/mol. The van der Waals surface area contributed by atoms with E-state index in [0.29, 0.717) is 5.69 Å². The average molecular weight is 425 g/mol. The van der Waals surface area contributed by atoms with Gasteiger partial charge in [-0.2, -0.15) is 0 Å². The lowest BCUT2D eigenvalue weighted by Crippen LogP contribution is -2.33. The molecule has 0 aliphatic carbocycles. The van der Waals surface area contributed by atoms with Gasteiger partial charge in [0.05, 0.1) is 17.0 Å². The molecule has 2 amide bonds. The topological polar surface area (TPSA) is 92.3 Å². The summed E-state index contributed by atoms with van der Waals surface area (Å²) in [6.07, 6.45) is 1.03. The molecule has 0 radical (unpaired) electrons. The Morgan fingerprint density at radius 3 is 2.44 bits per heavy atom. The molecule has 25 heavy (non-hydrogen) atoms. The molecule has 0 fully saturated rings. The summed E-state index contributed by atoms with van der Waals surface area (Å²) in [5.74, 6) is -1.03. The maximum Gasteiger partial charge on any atom is 0.253 e. The minimum absolute atomic E-state index is 0.0117. The van der Waals surface area contributed by atoms with Crippen molar-refractivity contribution in [1.82, 2.24) is 5.32 Å². The lowest BCUT2D eigenvalue weighted by atomic mass is 10.2. The first-order valence-electron chi connectivity index (χ1n) is 7.32. The molecule has 0 aliphatic rings. The van der Waals surface area contributed by atoms with Gasteiger partial charge in [0.2, 0.25) is 5.91 Å². The molecule has 2 aromatic rings. The van der Waals surface area contributed by atoms with Crippen LogP contribution in [0.25, 0.3) is 0 Å². The molecule has 0 aliphatic heterocycles. The van der Waals surface area contributed by atoms with Crippen molar-refractivity contribution < 1.29 is 18.0 Å². The zero-order valence-corrected chi connectivity index (χ0v) is 16.1. The third-order valence-electron chi connectivity index (χ3n) is 3.40. The summed E-state index contributed by atoms with van der Waals surface area (Å²) >= 11 is 3.34. The monoisotopic (exact) mass is 424 g/mol. The first-order valence-corrected chi connectivity index (χ1v) is 10.00. The van der Waals surface area contributed by atoms with Gasteiger partial charge in [-0.3, -0.25) is 9.59 Å². The minimum Gasteiger partial charge on any atom is -0.343 e. The number of sulfone groups is 1. The van der Waals surface area contributed by atoms with E-state index in [0.717, 1.165) is 16.3 Å². The van der Waals surface area contributed by atoms with Crippen LogP contribution < -0.4 is 10.6 Å². The van der Waals surface area contributed by atoms with Gasteiger partial charge in [0.1, 0.15) is 0 Å². The van der Waals surface area contributed by atoms with E-state index in [9.17, 15) is 18.0 Å². The van der Waals surface area contributed by atoms with E-state index in [1.807, 2.05) is 13.0 Å². The van der Waals surface area contributed by atoms with Crippen molar-refractivity contribution in [3.05, 3.63) is 58.1 Å². The van der Waals surface area contributed by atoms with Gasteiger partial charge in [0.25, 0.3) is 5.91 Å². The number of nitrogens with one attached hydrogen (secondary N) is 2. The standard InChI is InChI=1S/C17H17BrN2O4S/c1-11-9-12(18)7-8-14(11)20-16(21)10-19-17(22)13-5-3-4-6-15(13)25(2,23)24/h3-9H,10H2,1-2H3,(H,19,22)(H,20,21). The van der Waals surface area contributed by atoms with Crippen molar-refractivity contribution in [1.29, 1.82) is 0 Å². The molecule has 0 aromatic heterocycles. The molecule has 0 heterocycles. The zero-order chi connectivity index (χ0) is 18.6. The van der Waals surface area contributed by atoms with E-state index in [1.54, 1.807) is 18.2 Å². The fourth-order valence-electron chi connectivity index (χ4n) is 2.20. The Balaban J connectivity index is 2.04. The Hall–Kier alpha value is -2.19. The molecular weight excluding hydrogens is 408 g/mol. The van der Waals surface area contributed by atoms with Crippen molar-refractivity contribution >= 4 is 43.3 Å². The van der Waals surface area contributed by atoms with Gasteiger partial charge in [0.15, 0.2) is 9.84 Å². The smallest absolute Gasteiger partial charge is 0.253 e. The van der Waals surface area contributed by atoms with E-state index < -0.39 is 21.7 Å². The van der Waals surface area contributed by atoms with Crippen molar-refractivity contribution in [3.63, 3.8) is 0 Å². The Morgan fingerprint density at radius 2 is 1.80 bits per heavy atom. The number of aryl methyl sites for hydroxylation is 1. The second-order valence-corrected chi connectivity index (χ2v) is 8.36. The summed E-state index contributed by atoms with van der Waals surface area (Å²) in [5.41, 5.74) is 1.52. The Labute approximate surface area is 154 Å². The number of benzene rings is 2. The Kier molecular flexibility index (Phi) is 5.97. The summed E-state index contributed by atoms with van der Waals surface area (Å²) in [4.78, 5) is 24.2. The van der Waals surface area contributed by atoms with Crippen LogP contribution in [0.4, 0.5) is 5.69 Å². The molecular formula is C17H17BrN2O4S. The van der Waals surface area contributed by atoms with Crippen LogP contribution in [0.2, 0.25) is 0 Å². The largest absolute Gasteiger partial charge is 0.343 e. The number of halogens is 1. The third-order valence-corrected chi connectivity index (χ3v) is 5.05. The van der Waals surface area contributed by atoms with Crippen LogP contribution in [-0.2, 0) is 14.6 Å². The maximum atomic E-state index is 12.2. The summed E-state index contributed by atoms with van der Waals surface area (Å²) in [7, 11) is -3.54. The fourth-order valence-corrected chi connectivity index (χ4v) is 3.56. The quantitative estimate of drug-likeness (QED) is 0.770. The van der Waals surface area contributed by atoms with Crippen LogP contribution in [0.1, 0.15) is 15.9 Å². The van der Waals surface area contributed by atoms with Gasteiger partial charge in [0, 0.05) is 16.4 Å². The van der Waals surface area contributed by atoms with Crippen LogP contribution in [-0.4, -0.2) is 33.0 Å². The molecule has 2 rings (SSSR count). The zero-order valence-electron chi connectivity index (χ0n) is 13.7. The van der Waals surface area contributed by atoms with Crippen LogP contribution in [0.5, 0.6) is 0 Å². The van der Waals surface area contributed by atoms with Gasteiger partial charge < -0.3 is 10.6 Å². The van der Waals surface area contributed by atoms with Gasteiger partial charge in [-0.15, -0.1) is 0 Å². The summed E-state index contributed by atoms with van der Waals surface area (Å²) < 4.78 is 24.4. The molecule has 6 nitrogen and oxygen atoms in total. The molecule has 0 unspecified atom stereocenters. The van der Waals surface area contributed by atoms with Crippen LogP contribution in [0.3, 0.4) is 0 Å². The highest BCUT2D eigenvalue weighted by atomic mass is 79.9. The third kappa shape index (κ3) is 5.14. The fraction of sp³-hybridized carbons (Fsp3) is 0.176. The highest BCUT2D eigenvalue weighted by molar-refractivity contribution is 9.10. The lowest BCUT2D eigenvalue weighted by molar-refractivity contribution is -0.115. The second kappa shape index (κ2) is 7.79. The maximum absolute atomic E-state index is 12.2. The van der Waals surface area contributed by atoms with E-state index in [4.69, 9.17) is 0 Å². The number of hydrogen-bond donors (Lipinski definition) is 2. The van der Waals surface area contributed by atoms with Crippen molar-refractivity contribution in [2.75, 3.05) is 18.1 Å². The molecule has 8 heteroatoms. The van der Waals surface area contributed by atoms with Gasteiger partial charge in [-0.05, 0) is 42.8 Å². The van der Waals surface area contributed by atoms with Crippen molar-refractivity contribution in [2.24, 2.45) is 0 Å². The molecule has 0 saturated carbocycles. The summed E-state index contributed by atoms with van der Waals surface area (Å²) in [6, 6.07) is 11.3. The molecule has 0 spiro atoms. The van der Waals surface area contributed by atoms with Crippen LogP contribution >= 0.6 is 15.9 Å². The summed E-state index contributed by atoms with van der Waals surface area (Å²) in [5, 5.41) is 5.13. The van der Waals surface area contributed by atoms with Gasteiger partial charge in [-0.25, -0.2) is 8.42 Å². The van der Waals surface area contributed by atoms with E-state index in [1.165, 1.54) is 18.2 Å². The molecule has 132 valence electrons. The van der Waals surface area contributed by atoms with Crippen molar-refractivity contribution in [3.8, 4) is 0 Å². The second-order valence-electron chi connectivity index (χ2n) is 5.46. The number of rotatable bonds is 5. The van der Waals surface area contributed by atoms with Gasteiger partial charge in [-0.1, -0.05) is 28.1 Å². The first kappa shape index (κ1) is 19.1. The van der Waals surface area contributed by atoms with Crippen LogP contribution in [0, 0.1) is 6.92 Å². The van der Waals surface area contributed by atoms with E-state index >= 15 is 0 Å². The normalized spacial score (nSPS) is 11.0. The minimum atomic E-state index is -3.54. The number of carbonyl (C=O) groups is 2. The summed E-state index contributed by atoms with van der Waals surface area (Å²) in [6.45, 7) is 1.58. The number of hydrogen-bond acceptors (Lipinski definition) is 4. The van der Waals surface area contributed by atoms with E-state index in [2.05, 4.69) is 26.6 Å². The molecule has 0 saturated heterocycles. The molecule has 2 N–H and O–H groups in total. The van der Waals surface area contributed by atoms with Gasteiger partial charge >= 0.3 is 0 Å². The first-order chi connectivity index (χ1) is 11.7. The predicted octanol–water partition coefficient (Wildman–Crippen LogP) is 2.53. The highest BCUT2D eigenvalue weighted by Gasteiger charge is 2.18. The Bertz CT molecular complexity index is 926. The van der Waals surface area contributed by atoms with E-state index in [-0.39, 0.29) is 17.0 Å². The average Bonchev–Trinajstić information content (AvgIpc) is 2.54. The van der Waals surface area contributed by atoms with Crippen molar-refractivity contribution in [2.45, 2.75) is 11.8 Å². The number of carbonyl (C=O) groups excluding carboxylic acids is 2. The molecule has 0 atom stereocenters. The molecule has 2 aromatic carbocycles. The Morgan fingerprint density at radius 1 is 1.12 bits per heavy atom. The SMILES string of the molecule is Cc1cc(Br)ccc1NC(=O)CNC(=O)c1ccccc1S(C)(=O)=O. The molecule has 0 bridgehead atoms. The van der Waals surface area contributed by atoms with Crippen LogP contribution in [0.15, 0.2) is 51.8 Å². The lowest BCUT2D eigenvalue weighted by Gasteiger charge is -2.11.